The Morgan fingerprint density at radius 1 is 0.696 bits per heavy atom. The van der Waals surface area contributed by atoms with E-state index < -0.39 is 0 Å². The van der Waals surface area contributed by atoms with Crippen LogP contribution in [0.5, 0.6) is 0 Å². The predicted molar refractivity (Wildman–Crippen MR) is 104 cm³/mol. The molecule has 0 aliphatic heterocycles. The molecule has 0 saturated heterocycles. The number of hydrogen-bond donors (Lipinski definition) is 0. The van der Waals surface area contributed by atoms with Crippen LogP contribution in [0.1, 0.15) is 117 Å². The van der Waals surface area contributed by atoms with E-state index >= 15 is 0 Å². The Labute approximate surface area is 147 Å². The second kappa shape index (κ2) is 10.8. The second-order valence-electron chi connectivity index (χ2n) is 9.07. The Bertz CT molecular complexity index is 294. The van der Waals surface area contributed by atoms with Gasteiger partial charge in [-0.15, -0.1) is 0 Å². The molecule has 136 valence electrons. The van der Waals surface area contributed by atoms with Gasteiger partial charge in [0.2, 0.25) is 0 Å². The van der Waals surface area contributed by atoms with Crippen molar-refractivity contribution in [3.63, 3.8) is 0 Å². The molecule has 0 aromatic heterocycles. The first kappa shape index (κ1) is 19.3. The summed E-state index contributed by atoms with van der Waals surface area (Å²) in [6.07, 6.45) is 22.6. The van der Waals surface area contributed by atoms with Gasteiger partial charge in [-0.05, 0) is 61.7 Å². The molecule has 23 heavy (non-hydrogen) atoms. The highest BCUT2D eigenvalue weighted by atomic mass is 14.4. The first-order valence-electron chi connectivity index (χ1n) is 11.3. The quantitative estimate of drug-likeness (QED) is 0.338. The van der Waals surface area contributed by atoms with E-state index in [1.54, 1.807) is 38.5 Å². The zero-order valence-corrected chi connectivity index (χ0v) is 16.5. The topological polar surface area (TPSA) is 0 Å². The van der Waals surface area contributed by atoms with Crippen LogP contribution in [0.4, 0.5) is 0 Å². The summed E-state index contributed by atoms with van der Waals surface area (Å²) in [7, 11) is 0. The van der Waals surface area contributed by atoms with Crippen molar-refractivity contribution < 1.29 is 0 Å². The average Bonchev–Trinajstić information content (AvgIpc) is 2.94. The van der Waals surface area contributed by atoms with Crippen LogP contribution in [-0.2, 0) is 0 Å². The Kier molecular flexibility index (Phi) is 9.06. The van der Waals surface area contributed by atoms with Gasteiger partial charge >= 0.3 is 0 Å². The van der Waals surface area contributed by atoms with Crippen molar-refractivity contribution in [2.45, 2.75) is 117 Å². The molecule has 0 amide bonds. The predicted octanol–water partition coefficient (Wildman–Crippen LogP) is 8.01. The fourth-order valence-electron chi connectivity index (χ4n) is 5.87. The summed E-state index contributed by atoms with van der Waals surface area (Å²) < 4.78 is 0. The molecule has 0 heterocycles. The zero-order chi connectivity index (χ0) is 16.5. The lowest BCUT2D eigenvalue weighted by Crippen LogP contribution is -2.20. The Balaban J connectivity index is 1.76. The lowest BCUT2D eigenvalue weighted by molar-refractivity contribution is 0.199. The molecule has 2 fully saturated rings. The fraction of sp³-hybridized carbons (Fsp3) is 1.00. The number of hydrogen-bond acceptors (Lipinski definition) is 0. The minimum Gasteiger partial charge on any atom is -0.0654 e. The number of unbranched alkanes of at least 4 members (excludes halogenated alkanes) is 3. The Morgan fingerprint density at radius 3 is 2.13 bits per heavy atom. The molecular formula is C23H44. The maximum atomic E-state index is 2.37. The molecule has 0 N–H and O–H groups in total. The van der Waals surface area contributed by atoms with Crippen molar-refractivity contribution in [1.82, 2.24) is 0 Å². The summed E-state index contributed by atoms with van der Waals surface area (Å²) in [5.41, 5.74) is 0. The number of rotatable bonds is 11. The van der Waals surface area contributed by atoms with Gasteiger partial charge in [0.05, 0.1) is 0 Å². The van der Waals surface area contributed by atoms with E-state index in [-0.39, 0.29) is 0 Å². The van der Waals surface area contributed by atoms with Crippen LogP contribution in [0, 0.1) is 29.6 Å². The van der Waals surface area contributed by atoms with Gasteiger partial charge in [-0.3, -0.25) is 0 Å². The first-order chi connectivity index (χ1) is 11.3. The van der Waals surface area contributed by atoms with Gasteiger partial charge in [0.15, 0.2) is 0 Å². The molecule has 2 aliphatic rings. The van der Waals surface area contributed by atoms with E-state index in [0.29, 0.717) is 0 Å². The van der Waals surface area contributed by atoms with E-state index in [0.717, 1.165) is 29.6 Å². The van der Waals surface area contributed by atoms with E-state index in [9.17, 15) is 0 Å². The normalized spacial score (nSPS) is 32.0. The molecule has 5 atom stereocenters. The maximum Gasteiger partial charge on any atom is -0.0380 e. The Hall–Kier alpha value is 0. The highest BCUT2D eigenvalue weighted by Crippen LogP contribution is 2.49. The molecular weight excluding hydrogens is 276 g/mol. The lowest BCUT2D eigenvalue weighted by atomic mass is 9.74. The molecule has 0 aromatic rings. The van der Waals surface area contributed by atoms with Gasteiger partial charge in [0.1, 0.15) is 0 Å². The zero-order valence-electron chi connectivity index (χ0n) is 16.5. The molecule has 0 aromatic carbocycles. The van der Waals surface area contributed by atoms with Crippen molar-refractivity contribution in [3.05, 3.63) is 0 Å². The molecule has 0 bridgehead atoms. The van der Waals surface area contributed by atoms with Crippen LogP contribution in [-0.4, -0.2) is 0 Å². The molecule has 0 spiro atoms. The van der Waals surface area contributed by atoms with Crippen LogP contribution in [0.2, 0.25) is 0 Å². The standard InChI is InChI=1S/C23H44/c1-4-7-9-12-20(11-8-5-2)15-21-17-22-14-13-19(10-6-3)16-23(22)18-21/h19-23H,4-18H2,1-3H3. The van der Waals surface area contributed by atoms with Gasteiger partial charge in [0.25, 0.3) is 0 Å². The fourth-order valence-corrected chi connectivity index (χ4v) is 5.87. The minimum atomic E-state index is 1.05. The highest BCUT2D eigenvalue weighted by molar-refractivity contribution is 4.89. The molecule has 2 aliphatic carbocycles. The second-order valence-corrected chi connectivity index (χ2v) is 9.07. The van der Waals surface area contributed by atoms with E-state index in [4.69, 9.17) is 0 Å². The summed E-state index contributed by atoms with van der Waals surface area (Å²) in [5.74, 6) is 5.47. The smallest absolute Gasteiger partial charge is 0.0380 e. The van der Waals surface area contributed by atoms with Crippen molar-refractivity contribution in [2.24, 2.45) is 29.6 Å². The van der Waals surface area contributed by atoms with Gasteiger partial charge < -0.3 is 0 Å². The van der Waals surface area contributed by atoms with E-state index in [2.05, 4.69) is 20.8 Å². The first-order valence-corrected chi connectivity index (χ1v) is 11.3. The third kappa shape index (κ3) is 6.43. The third-order valence-electron chi connectivity index (χ3n) is 7.07. The SMILES string of the molecule is CCCCCC(CCCC)CC1CC2CCC(CCC)CC2C1. The average molecular weight is 321 g/mol. The van der Waals surface area contributed by atoms with E-state index in [1.807, 2.05) is 0 Å². The number of fused-ring (bicyclic) bond motifs is 1. The van der Waals surface area contributed by atoms with Gasteiger partial charge in [-0.25, -0.2) is 0 Å². The molecule has 0 nitrogen and oxygen atoms in total. The van der Waals surface area contributed by atoms with Crippen molar-refractivity contribution in [3.8, 4) is 0 Å². The molecule has 0 radical (unpaired) electrons. The summed E-state index contributed by atoms with van der Waals surface area (Å²) in [6.45, 7) is 7.08. The Morgan fingerprint density at radius 2 is 1.39 bits per heavy atom. The molecule has 2 rings (SSSR count). The largest absolute Gasteiger partial charge is 0.0654 e. The van der Waals surface area contributed by atoms with Crippen LogP contribution >= 0.6 is 0 Å². The monoisotopic (exact) mass is 320 g/mol. The summed E-state index contributed by atoms with van der Waals surface area (Å²) >= 11 is 0. The van der Waals surface area contributed by atoms with Crippen molar-refractivity contribution in [2.75, 3.05) is 0 Å². The van der Waals surface area contributed by atoms with Gasteiger partial charge in [-0.1, -0.05) is 85.0 Å². The van der Waals surface area contributed by atoms with Crippen LogP contribution in [0.3, 0.4) is 0 Å². The van der Waals surface area contributed by atoms with Crippen molar-refractivity contribution in [1.29, 1.82) is 0 Å². The highest BCUT2D eigenvalue weighted by Gasteiger charge is 2.38. The third-order valence-corrected chi connectivity index (χ3v) is 7.07. The summed E-state index contributed by atoms with van der Waals surface area (Å²) in [6, 6.07) is 0. The van der Waals surface area contributed by atoms with Crippen LogP contribution in [0.25, 0.3) is 0 Å². The van der Waals surface area contributed by atoms with Crippen LogP contribution in [0.15, 0.2) is 0 Å². The molecule has 2 saturated carbocycles. The summed E-state index contributed by atoms with van der Waals surface area (Å²) in [5, 5.41) is 0. The van der Waals surface area contributed by atoms with Crippen molar-refractivity contribution >= 4 is 0 Å². The van der Waals surface area contributed by atoms with E-state index in [1.165, 1.54) is 57.8 Å². The van der Waals surface area contributed by atoms with Gasteiger partial charge in [-0.2, -0.15) is 0 Å². The molecule has 0 heteroatoms. The minimum absolute atomic E-state index is 1.05. The molecule has 5 unspecified atom stereocenters. The van der Waals surface area contributed by atoms with Gasteiger partial charge in [0, 0.05) is 0 Å². The maximum absolute atomic E-state index is 2.37. The van der Waals surface area contributed by atoms with Crippen LogP contribution < -0.4 is 0 Å². The lowest BCUT2D eigenvalue weighted by Gasteiger charge is -2.31. The summed E-state index contributed by atoms with van der Waals surface area (Å²) in [4.78, 5) is 0.